The maximum Gasteiger partial charge on any atom is 0.435 e. The molecule has 0 amide bonds. The van der Waals surface area contributed by atoms with E-state index in [1.54, 1.807) is 0 Å². The molecule has 0 spiro atoms. The highest BCUT2D eigenvalue weighted by molar-refractivity contribution is 7.89. The van der Waals surface area contributed by atoms with E-state index >= 15 is 0 Å². The third-order valence-corrected chi connectivity index (χ3v) is 5.46. The van der Waals surface area contributed by atoms with Crippen LogP contribution in [0, 0.1) is 0 Å². The highest BCUT2D eigenvalue weighted by atomic mass is 32.2. The van der Waals surface area contributed by atoms with Crippen molar-refractivity contribution < 1.29 is 36.2 Å². The van der Waals surface area contributed by atoms with Gasteiger partial charge in [-0.1, -0.05) is 0 Å². The van der Waals surface area contributed by atoms with E-state index in [0.29, 0.717) is 17.1 Å². The fourth-order valence-corrected chi connectivity index (χ4v) is 3.76. The van der Waals surface area contributed by atoms with Gasteiger partial charge in [-0.3, -0.25) is 0 Å². The molecule has 8 nitrogen and oxygen atoms in total. The summed E-state index contributed by atoms with van der Waals surface area (Å²) in [4.78, 5) is -0.338. The van der Waals surface area contributed by atoms with Gasteiger partial charge in [0.05, 0.1) is 37.1 Å². The van der Waals surface area contributed by atoms with Crippen LogP contribution in [0.2, 0.25) is 0 Å². The zero-order valence-electron chi connectivity index (χ0n) is 16.3. The van der Waals surface area contributed by atoms with Gasteiger partial charge in [-0.15, -0.1) is 0 Å². The largest absolute Gasteiger partial charge is 0.493 e. The van der Waals surface area contributed by atoms with Gasteiger partial charge in [0.25, 0.3) is 0 Å². The van der Waals surface area contributed by atoms with Gasteiger partial charge in [0.2, 0.25) is 10.0 Å². The molecule has 166 valence electrons. The zero-order chi connectivity index (χ0) is 23.0. The number of nitrogens with zero attached hydrogens (tertiary/aromatic N) is 2. The minimum absolute atomic E-state index is 0.0560. The molecule has 1 heterocycles. The van der Waals surface area contributed by atoms with Crippen LogP contribution >= 0.6 is 0 Å². The van der Waals surface area contributed by atoms with Gasteiger partial charge in [-0.05, 0) is 48.0 Å². The molecule has 2 aromatic carbocycles. The molecule has 12 heteroatoms. The SMILES string of the molecule is COc1ccc(-c2cc(C(F)(F)F)nn2-c2ccc(S(N)(=O)=O)c(CO)c2)cc1OC. The minimum atomic E-state index is -4.73. The number of hydrogen-bond acceptors (Lipinski definition) is 6. The summed E-state index contributed by atoms with van der Waals surface area (Å²) >= 11 is 0. The summed E-state index contributed by atoms with van der Waals surface area (Å²) in [5.74, 6) is 0.676. The molecule has 3 aromatic rings. The highest BCUT2D eigenvalue weighted by Gasteiger charge is 2.35. The van der Waals surface area contributed by atoms with E-state index < -0.39 is 28.5 Å². The van der Waals surface area contributed by atoms with Crippen LogP contribution in [0.1, 0.15) is 11.3 Å². The Morgan fingerprint density at radius 2 is 1.74 bits per heavy atom. The Balaban J connectivity index is 2.25. The van der Waals surface area contributed by atoms with Gasteiger partial charge in [0, 0.05) is 5.56 Å². The first-order chi connectivity index (χ1) is 14.5. The summed E-state index contributed by atoms with van der Waals surface area (Å²) in [5.41, 5.74) is -0.750. The van der Waals surface area contributed by atoms with Crippen molar-refractivity contribution in [1.29, 1.82) is 0 Å². The number of aromatic nitrogens is 2. The van der Waals surface area contributed by atoms with Crippen molar-refractivity contribution in [3.05, 3.63) is 53.7 Å². The molecule has 31 heavy (non-hydrogen) atoms. The predicted octanol–water partition coefficient (Wildman–Crippen LogP) is 2.72. The first-order valence-electron chi connectivity index (χ1n) is 8.66. The molecule has 0 fully saturated rings. The van der Waals surface area contributed by atoms with Crippen molar-refractivity contribution >= 4 is 10.0 Å². The number of sulfonamides is 1. The number of halogens is 3. The second kappa shape index (κ2) is 8.21. The summed E-state index contributed by atoms with van der Waals surface area (Å²) in [6.07, 6.45) is -4.73. The van der Waals surface area contributed by atoms with Crippen molar-refractivity contribution in [2.45, 2.75) is 17.7 Å². The van der Waals surface area contributed by atoms with Gasteiger partial charge < -0.3 is 14.6 Å². The van der Waals surface area contributed by atoms with Crippen molar-refractivity contribution in [2.24, 2.45) is 5.14 Å². The van der Waals surface area contributed by atoms with E-state index in [1.165, 1.54) is 44.6 Å². The van der Waals surface area contributed by atoms with Gasteiger partial charge in [-0.2, -0.15) is 18.3 Å². The Morgan fingerprint density at radius 1 is 1.06 bits per heavy atom. The molecule has 0 aliphatic rings. The van der Waals surface area contributed by atoms with Gasteiger partial charge in [-0.25, -0.2) is 18.2 Å². The van der Waals surface area contributed by atoms with Crippen LogP contribution in [-0.4, -0.2) is 37.5 Å². The number of hydrogen-bond donors (Lipinski definition) is 2. The fourth-order valence-electron chi connectivity index (χ4n) is 3.02. The number of alkyl halides is 3. The number of aliphatic hydroxyl groups is 1. The Hall–Kier alpha value is -3.09. The first kappa shape index (κ1) is 22.6. The average Bonchev–Trinajstić information content (AvgIpc) is 3.18. The van der Waals surface area contributed by atoms with Crippen molar-refractivity contribution in [2.75, 3.05) is 14.2 Å². The standard InChI is InChI=1S/C19H18F3N3O5S/c1-29-15-5-3-11(8-16(15)30-2)14-9-18(19(20,21)22)24-25(14)13-4-6-17(31(23,27)28)12(7-13)10-26/h3-9,26H,10H2,1-2H3,(H2,23,27,28). The molecule has 0 aliphatic carbocycles. The molecule has 0 bridgehead atoms. The zero-order valence-corrected chi connectivity index (χ0v) is 17.2. The summed E-state index contributed by atoms with van der Waals surface area (Å²) in [5, 5.41) is 18.3. The maximum absolute atomic E-state index is 13.4. The molecule has 1 aromatic heterocycles. The molecule has 0 unspecified atom stereocenters. The number of primary sulfonamides is 1. The van der Waals surface area contributed by atoms with E-state index in [9.17, 15) is 26.7 Å². The maximum atomic E-state index is 13.4. The molecule has 3 N–H and O–H groups in total. The van der Waals surface area contributed by atoms with E-state index in [0.717, 1.165) is 16.8 Å². The second-order valence-corrected chi connectivity index (χ2v) is 7.92. The van der Waals surface area contributed by atoms with E-state index in [4.69, 9.17) is 14.6 Å². The smallest absolute Gasteiger partial charge is 0.435 e. The van der Waals surface area contributed by atoms with Crippen LogP contribution in [0.4, 0.5) is 13.2 Å². The molecule has 3 rings (SSSR count). The van der Waals surface area contributed by atoms with Crippen LogP contribution < -0.4 is 14.6 Å². The van der Waals surface area contributed by atoms with Crippen molar-refractivity contribution in [3.8, 4) is 28.4 Å². The first-order valence-corrected chi connectivity index (χ1v) is 10.2. The molecular formula is C19H18F3N3O5S. The minimum Gasteiger partial charge on any atom is -0.493 e. The summed E-state index contributed by atoms with van der Waals surface area (Å²) < 4.78 is 74.9. The van der Waals surface area contributed by atoms with Crippen LogP contribution in [0.3, 0.4) is 0 Å². The molecule has 0 aliphatic heterocycles. The van der Waals surface area contributed by atoms with Gasteiger partial charge in [0.15, 0.2) is 17.2 Å². The second-order valence-electron chi connectivity index (χ2n) is 6.39. The Kier molecular flexibility index (Phi) is 5.98. The number of rotatable bonds is 6. The normalized spacial score (nSPS) is 12.1. The van der Waals surface area contributed by atoms with Gasteiger partial charge >= 0.3 is 6.18 Å². The van der Waals surface area contributed by atoms with Crippen LogP contribution in [-0.2, 0) is 22.8 Å². The lowest BCUT2D eigenvalue weighted by Crippen LogP contribution is -2.15. The molecule has 0 atom stereocenters. The van der Waals surface area contributed by atoms with Crippen LogP contribution in [0.5, 0.6) is 11.5 Å². The Bertz CT molecular complexity index is 1220. The molecule has 0 saturated heterocycles. The van der Waals surface area contributed by atoms with E-state index in [1.807, 2.05) is 0 Å². The number of aliphatic hydroxyl groups excluding tert-OH is 1. The van der Waals surface area contributed by atoms with Crippen LogP contribution in [0.15, 0.2) is 47.4 Å². The topological polar surface area (TPSA) is 117 Å². The number of benzene rings is 2. The molecule has 0 saturated carbocycles. The Labute approximate surface area is 175 Å². The third kappa shape index (κ3) is 4.50. The highest BCUT2D eigenvalue weighted by Crippen LogP contribution is 2.37. The summed E-state index contributed by atoms with van der Waals surface area (Å²) in [7, 11) is -1.33. The molecule has 0 radical (unpaired) electrons. The number of nitrogens with two attached hydrogens (primary N) is 1. The monoisotopic (exact) mass is 457 g/mol. The quantitative estimate of drug-likeness (QED) is 0.588. The summed E-state index contributed by atoms with van der Waals surface area (Å²) in [6.45, 7) is -0.696. The van der Waals surface area contributed by atoms with E-state index in [2.05, 4.69) is 5.10 Å². The van der Waals surface area contributed by atoms with Crippen LogP contribution in [0.25, 0.3) is 16.9 Å². The van der Waals surface area contributed by atoms with Gasteiger partial charge in [0.1, 0.15) is 0 Å². The van der Waals surface area contributed by atoms with E-state index in [-0.39, 0.29) is 21.8 Å². The number of methoxy groups -OCH3 is 2. The third-order valence-electron chi connectivity index (χ3n) is 4.44. The van der Waals surface area contributed by atoms with Crippen molar-refractivity contribution in [3.63, 3.8) is 0 Å². The lowest BCUT2D eigenvalue weighted by Gasteiger charge is -2.13. The Morgan fingerprint density at radius 3 is 2.29 bits per heavy atom. The lowest BCUT2D eigenvalue weighted by atomic mass is 10.1. The number of ether oxygens (including phenoxy) is 2. The average molecular weight is 457 g/mol. The fraction of sp³-hybridized carbons (Fsp3) is 0.211. The molecular weight excluding hydrogens is 439 g/mol. The van der Waals surface area contributed by atoms with Crippen molar-refractivity contribution in [1.82, 2.24) is 9.78 Å². The lowest BCUT2D eigenvalue weighted by molar-refractivity contribution is -0.141. The summed E-state index contributed by atoms with van der Waals surface area (Å²) in [6, 6.07) is 8.95. The predicted molar refractivity (Wildman–Crippen MR) is 104 cm³/mol.